The lowest BCUT2D eigenvalue weighted by Gasteiger charge is -2.17. The van der Waals surface area contributed by atoms with Crippen LogP contribution in [0.15, 0.2) is 36.7 Å². The number of amides is 2. The highest BCUT2D eigenvalue weighted by Crippen LogP contribution is 2.35. The molecule has 0 fully saturated rings. The van der Waals surface area contributed by atoms with E-state index < -0.39 is 11.8 Å². The second-order valence-corrected chi connectivity index (χ2v) is 4.30. The van der Waals surface area contributed by atoms with Crippen molar-refractivity contribution >= 4 is 23.2 Å². The summed E-state index contributed by atoms with van der Waals surface area (Å²) in [4.78, 5) is 29.7. The molecule has 20 heavy (non-hydrogen) atoms. The average molecular weight is 269 g/mol. The van der Waals surface area contributed by atoms with Crippen LogP contribution < -0.4 is 15.4 Å². The minimum Gasteiger partial charge on any atom is -0.495 e. The summed E-state index contributed by atoms with van der Waals surface area (Å²) in [5, 5.41) is 0. The summed E-state index contributed by atoms with van der Waals surface area (Å²) in [5.41, 5.74) is 7.11. The minimum absolute atomic E-state index is 0.280. The van der Waals surface area contributed by atoms with Crippen LogP contribution in [0.4, 0.5) is 11.4 Å². The molecule has 1 aliphatic rings. The van der Waals surface area contributed by atoms with Crippen molar-refractivity contribution in [3.05, 3.63) is 47.8 Å². The zero-order chi connectivity index (χ0) is 14.3. The van der Waals surface area contributed by atoms with Crippen LogP contribution in [0.1, 0.15) is 20.7 Å². The Hall–Kier alpha value is -2.89. The van der Waals surface area contributed by atoms with Crippen molar-refractivity contribution in [3.63, 3.8) is 0 Å². The van der Waals surface area contributed by atoms with E-state index in [1.165, 1.54) is 31.6 Å². The van der Waals surface area contributed by atoms with Crippen LogP contribution in [0.2, 0.25) is 0 Å². The number of nitrogens with two attached hydrogens (primary N) is 1. The lowest BCUT2D eigenvalue weighted by Crippen LogP contribution is -2.29. The molecule has 1 aliphatic heterocycles. The van der Waals surface area contributed by atoms with Gasteiger partial charge in [0.05, 0.1) is 23.9 Å². The number of rotatable bonds is 2. The number of methoxy groups -OCH3 is 1. The van der Waals surface area contributed by atoms with Gasteiger partial charge in [-0.2, -0.15) is 0 Å². The highest BCUT2D eigenvalue weighted by Gasteiger charge is 2.38. The molecule has 0 saturated carbocycles. The van der Waals surface area contributed by atoms with Crippen LogP contribution >= 0.6 is 0 Å². The molecule has 2 amide bonds. The number of nitrogens with zero attached hydrogens (tertiary/aromatic N) is 2. The largest absolute Gasteiger partial charge is 0.495 e. The van der Waals surface area contributed by atoms with Crippen molar-refractivity contribution in [1.82, 2.24) is 4.98 Å². The molecule has 1 aromatic heterocycles. The van der Waals surface area contributed by atoms with Crippen molar-refractivity contribution in [1.29, 1.82) is 0 Å². The highest BCUT2D eigenvalue weighted by molar-refractivity contribution is 6.34. The standard InChI is InChI=1S/C14H11N3O3/c1-20-12-3-2-8(15)6-11(12)17-13(18)9-4-5-16-7-10(9)14(17)19/h2-7H,15H2,1H3. The number of imide groups is 1. The molecule has 0 bridgehead atoms. The van der Waals surface area contributed by atoms with Crippen LogP contribution in [0.5, 0.6) is 5.75 Å². The van der Waals surface area contributed by atoms with E-state index in [4.69, 9.17) is 10.5 Å². The first-order chi connectivity index (χ1) is 9.63. The van der Waals surface area contributed by atoms with Gasteiger partial charge in [0.15, 0.2) is 0 Å². The van der Waals surface area contributed by atoms with E-state index in [-0.39, 0.29) is 5.56 Å². The van der Waals surface area contributed by atoms with Crippen LogP contribution in [0.3, 0.4) is 0 Å². The van der Waals surface area contributed by atoms with E-state index in [0.29, 0.717) is 22.7 Å². The molecule has 0 radical (unpaired) electrons. The van der Waals surface area contributed by atoms with Crippen LogP contribution in [-0.4, -0.2) is 23.9 Å². The third-order valence-electron chi connectivity index (χ3n) is 3.13. The number of pyridine rings is 1. The fourth-order valence-corrected chi connectivity index (χ4v) is 2.19. The second kappa shape index (κ2) is 4.34. The van der Waals surface area contributed by atoms with E-state index in [9.17, 15) is 9.59 Å². The van der Waals surface area contributed by atoms with E-state index in [1.54, 1.807) is 12.1 Å². The molecule has 1 aromatic carbocycles. The van der Waals surface area contributed by atoms with Gasteiger partial charge in [0.2, 0.25) is 0 Å². The van der Waals surface area contributed by atoms with Gasteiger partial charge in [-0.1, -0.05) is 0 Å². The molecule has 0 spiro atoms. The fourth-order valence-electron chi connectivity index (χ4n) is 2.19. The molecule has 100 valence electrons. The van der Waals surface area contributed by atoms with E-state index in [1.807, 2.05) is 0 Å². The van der Waals surface area contributed by atoms with Gasteiger partial charge in [-0.3, -0.25) is 14.6 Å². The predicted octanol–water partition coefficient (Wildman–Crippen LogP) is 1.47. The molecule has 0 unspecified atom stereocenters. The van der Waals surface area contributed by atoms with E-state index >= 15 is 0 Å². The minimum atomic E-state index is -0.429. The van der Waals surface area contributed by atoms with E-state index in [0.717, 1.165) is 4.90 Å². The predicted molar refractivity (Wildman–Crippen MR) is 72.8 cm³/mol. The summed E-state index contributed by atoms with van der Waals surface area (Å²) in [5.74, 6) is -0.431. The maximum Gasteiger partial charge on any atom is 0.267 e. The lowest BCUT2D eigenvalue weighted by molar-refractivity contribution is 0.0925. The molecule has 2 heterocycles. The first-order valence-electron chi connectivity index (χ1n) is 5.90. The number of nitrogen functional groups attached to an aromatic ring is 1. The van der Waals surface area contributed by atoms with Gasteiger partial charge in [-0.25, -0.2) is 4.90 Å². The molecule has 0 saturated heterocycles. The number of carbonyl (C=O) groups is 2. The summed E-state index contributed by atoms with van der Waals surface area (Å²) in [7, 11) is 1.47. The topological polar surface area (TPSA) is 85.5 Å². The fraction of sp³-hybridized carbons (Fsp3) is 0.0714. The molecule has 6 nitrogen and oxygen atoms in total. The Labute approximate surface area is 114 Å². The van der Waals surface area contributed by atoms with Crippen molar-refractivity contribution in [2.75, 3.05) is 17.7 Å². The summed E-state index contributed by atoms with van der Waals surface area (Å²) in [6, 6.07) is 6.32. The van der Waals surface area contributed by atoms with Gasteiger partial charge in [0, 0.05) is 18.1 Å². The molecule has 0 atom stereocenters. The van der Waals surface area contributed by atoms with Crippen molar-refractivity contribution in [2.24, 2.45) is 0 Å². The Morgan fingerprint density at radius 1 is 1.15 bits per heavy atom. The Morgan fingerprint density at radius 2 is 1.90 bits per heavy atom. The molecule has 0 aliphatic carbocycles. The number of hydrogen-bond acceptors (Lipinski definition) is 5. The zero-order valence-corrected chi connectivity index (χ0v) is 10.7. The number of benzene rings is 1. The number of hydrogen-bond donors (Lipinski definition) is 1. The lowest BCUT2D eigenvalue weighted by atomic mass is 10.2. The number of aromatic nitrogens is 1. The number of carbonyl (C=O) groups excluding carboxylic acids is 2. The van der Waals surface area contributed by atoms with Crippen molar-refractivity contribution in [3.8, 4) is 5.75 Å². The molecule has 2 N–H and O–H groups in total. The van der Waals surface area contributed by atoms with Crippen molar-refractivity contribution in [2.45, 2.75) is 0 Å². The summed E-state index contributed by atoms with van der Waals surface area (Å²) < 4.78 is 5.19. The van der Waals surface area contributed by atoms with Crippen LogP contribution in [-0.2, 0) is 0 Å². The third-order valence-corrected chi connectivity index (χ3v) is 3.13. The van der Waals surface area contributed by atoms with Gasteiger partial charge >= 0.3 is 0 Å². The summed E-state index contributed by atoms with van der Waals surface area (Å²) in [6.45, 7) is 0. The van der Waals surface area contributed by atoms with E-state index in [2.05, 4.69) is 4.98 Å². The number of fused-ring (bicyclic) bond motifs is 1. The Balaban J connectivity index is 2.16. The third kappa shape index (κ3) is 1.62. The molecular weight excluding hydrogens is 258 g/mol. The Morgan fingerprint density at radius 3 is 2.60 bits per heavy atom. The first-order valence-corrected chi connectivity index (χ1v) is 5.90. The maximum atomic E-state index is 12.4. The van der Waals surface area contributed by atoms with Crippen LogP contribution in [0, 0.1) is 0 Å². The number of ether oxygens (including phenoxy) is 1. The molecule has 2 aromatic rings. The summed E-state index contributed by atoms with van der Waals surface area (Å²) >= 11 is 0. The van der Waals surface area contributed by atoms with Crippen LogP contribution in [0.25, 0.3) is 0 Å². The van der Waals surface area contributed by atoms with Gasteiger partial charge in [-0.05, 0) is 24.3 Å². The van der Waals surface area contributed by atoms with Gasteiger partial charge in [-0.15, -0.1) is 0 Å². The monoisotopic (exact) mass is 269 g/mol. The molecule has 3 rings (SSSR count). The maximum absolute atomic E-state index is 12.4. The average Bonchev–Trinajstić information content (AvgIpc) is 2.71. The smallest absolute Gasteiger partial charge is 0.267 e. The number of anilines is 2. The zero-order valence-electron chi connectivity index (χ0n) is 10.7. The SMILES string of the molecule is COc1ccc(N)cc1N1C(=O)c2ccncc2C1=O. The summed E-state index contributed by atoms with van der Waals surface area (Å²) in [6.07, 6.45) is 2.86. The van der Waals surface area contributed by atoms with Crippen molar-refractivity contribution < 1.29 is 14.3 Å². The molecular formula is C14H11N3O3. The Kier molecular flexibility index (Phi) is 2.64. The quantitative estimate of drug-likeness (QED) is 0.659. The highest BCUT2D eigenvalue weighted by atomic mass is 16.5. The van der Waals surface area contributed by atoms with Gasteiger partial charge in [0.25, 0.3) is 11.8 Å². The van der Waals surface area contributed by atoms with Gasteiger partial charge in [0.1, 0.15) is 5.75 Å². The van der Waals surface area contributed by atoms with Gasteiger partial charge < -0.3 is 10.5 Å². The normalized spacial score (nSPS) is 13.6. The second-order valence-electron chi connectivity index (χ2n) is 4.30. The first kappa shape index (κ1) is 12.2. The molecule has 6 heteroatoms. The Bertz CT molecular complexity index is 692.